The summed E-state index contributed by atoms with van der Waals surface area (Å²) in [5.41, 5.74) is 0.827. The van der Waals surface area contributed by atoms with E-state index in [1.165, 1.54) is 16.9 Å². The Labute approximate surface area is 171 Å². The van der Waals surface area contributed by atoms with Crippen LogP contribution in [0.4, 0.5) is 13.2 Å². The van der Waals surface area contributed by atoms with Crippen LogP contribution in [0.2, 0.25) is 0 Å². The van der Waals surface area contributed by atoms with Gasteiger partial charge in [-0.2, -0.15) is 18.0 Å². The number of nitrogens with one attached hydrogen (secondary N) is 1. The highest BCUT2D eigenvalue weighted by molar-refractivity contribution is 5.60. The first-order valence-corrected chi connectivity index (χ1v) is 9.78. The van der Waals surface area contributed by atoms with E-state index >= 15 is 0 Å². The molecule has 4 rings (SSSR count). The third kappa shape index (κ3) is 4.68. The average molecular weight is 417 g/mol. The molecule has 1 aromatic heterocycles. The summed E-state index contributed by atoms with van der Waals surface area (Å²) in [7, 11) is 0. The predicted octanol–water partition coefficient (Wildman–Crippen LogP) is 3.06. The van der Waals surface area contributed by atoms with Crippen LogP contribution in [-0.2, 0) is 19.1 Å². The topological polar surface area (TPSA) is 75.9 Å². The molecule has 1 aliphatic heterocycles. The van der Waals surface area contributed by atoms with Crippen molar-refractivity contribution in [1.29, 1.82) is 0 Å². The molecule has 30 heavy (non-hydrogen) atoms. The van der Waals surface area contributed by atoms with E-state index in [1.54, 1.807) is 0 Å². The molecule has 9 heteroatoms. The fourth-order valence-electron chi connectivity index (χ4n) is 3.69. The molecule has 2 aromatic carbocycles. The first-order valence-electron chi connectivity index (χ1n) is 9.78. The van der Waals surface area contributed by atoms with Gasteiger partial charge in [0.25, 0.3) is 0 Å². The molecule has 0 amide bonds. The van der Waals surface area contributed by atoms with Crippen molar-refractivity contribution in [3.05, 3.63) is 65.2 Å². The number of piperidine rings is 1. The van der Waals surface area contributed by atoms with Crippen LogP contribution in [0.5, 0.6) is 0 Å². The second-order valence-electron chi connectivity index (χ2n) is 7.68. The molecule has 1 atom stereocenters. The van der Waals surface area contributed by atoms with Gasteiger partial charge in [-0.25, -0.2) is 0 Å². The number of hydrogen-bond donors (Lipinski definition) is 2. The zero-order valence-electron chi connectivity index (χ0n) is 16.2. The molecule has 2 heterocycles. The van der Waals surface area contributed by atoms with E-state index in [4.69, 9.17) is 0 Å². The van der Waals surface area contributed by atoms with E-state index in [-0.39, 0.29) is 6.54 Å². The molecule has 1 aliphatic rings. The van der Waals surface area contributed by atoms with Crippen molar-refractivity contribution in [1.82, 2.24) is 25.5 Å². The summed E-state index contributed by atoms with van der Waals surface area (Å²) in [5, 5.41) is 26.5. The Morgan fingerprint density at radius 1 is 1.10 bits per heavy atom. The van der Waals surface area contributed by atoms with Gasteiger partial charge in [-0.05, 0) is 54.3 Å². The number of nitrogens with zero attached hydrogens (tertiary/aromatic N) is 4. The number of alkyl halides is 3. The smallest absolute Gasteiger partial charge is 0.387 e. The van der Waals surface area contributed by atoms with Crippen LogP contribution in [0.15, 0.2) is 48.5 Å². The number of β-amino-alcohol motifs (C(OH)–C–C–N with tert-alkyl or cyclic N) is 1. The van der Waals surface area contributed by atoms with Crippen molar-refractivity contribution < 1.29 is 18.3 Å². The lowest BCUT2D eigenvalue weighted by Crippen LogP contribution is -2.48. The summed E-state index contributed by atoms with van der Waals surface area (Å²) >= 11 is 0. The number of aliphatic hydroxyl groups is 1. The van der Waals surface area contributed by atoms with Crippen molar-refractivity contribution in [2.45, 2.75) is 37.6 Å². The Kier molecular flexibility index (Phi) is 5.57. The quantitative estimate of drug-likeness (QED) is 0.667. The number of benzene rings is 2. The monoisotopic (exact) mass is 417 g/mol. The average Bonchev–Trinajstić information content (AvgIpc) is 3.16. The van der Waals surface area contributed by atoms with Crippen molar-refractivity contribution in [2.24, 2.45) is 0 Å². The van der Waals surface area contributed by atoms with E-state index in [2.05, 4.69) is 20.7 Å². The first-order chi connectivity index (χ1) is 14.3. The molecule has 0 bridgehead atoms. The molecule has 1 fully saturated rings. The number of halogens is 3. The molecule has 1 unspecified atom stereocenters. The lowest BCUT2D eigenvalue weighted by atomic mass is 9.94. The summed E-state index contributed by atoms with van der Waals surface area (Å²) in [5.74, 6) is 0.421. The molecular formula is C21H22F3N5O. The Hall–Kier alpha value is -2.78. The maximum atomic E-state index is 12.8. The van der Waals surface area contributed by atoms with E-state index in [1.807, 2.05) is 24.3 Å². The maximum absolute atomic E-state index is 12.8. The number of aromatic nitrogens is 4. The van der Waals surface area contributed by atoms with Gasteiger partial charge in [0.1, 0.15) is 0 Å². The minimum absolute atomic E-state index is 0.244. The summed E-state index contributed by atoms with van der Waals surface area (Å²) in [6, 6.07) is 12.6. The minimum atomic E-state index is -4.35. The molecule has 2 N–H and O–H groups in total. The summed E-state index contributed by atoms with van der Waals surface area (Å²) < 4.78 is 38.3. The van der Waals surface area contributed by atoms with Crippen molar-refractivity contribution >= 4 is 0 Å². The zero-order valence-corrected chi connectivity index (χ0v) is 16.2. The van der Waals surface area contributed by atoms with Crippen LogP contribution in [-0.4, -0.2) is 44.0 Å². The number of hydrogen-bond acceptors (Lipinski definition) is 5. The Morgan fingerprint density at radius 3 is 2.57 bits per heavy atom. The fraction of sp³-hybridized carbons (Fsp3) is 0.381. The van der Waals surface area contributed by atoms with Gasteiger partial charge in [0.05, 0.1) is 17.7 Å². The zero-order chi connectivity index (χ0) is 21.2. The molecule has 1 saturated heterocycles. The van der Waals surface area contributed by atoms with E-state index in [0.29, 0.717) is 25.2 Å². The van der Waals surface area contributed by atoms with E-state index < -0.39 is 17.3 Å². The van der Waals surface area contributed by atoms with Gasteiger partial charge in [-0.1, -0.05) is 36.4 Å². The van der Waals surface area contributed by atoms with Gasteiger partial charge < -0.3 is 10.4 Å². The van der Waals surface area contributed by atoms with E-state index in [9.17, 15) is 18.3 Å². The standard InChI is InChI=1S/C21H22F3N5O/c22-21(23,24)17-8-6-15(7-9-17)12-16-4-1-2-5-18(16)19-26-28-29(27-19)14-20(30)10-3-11-25-13-20/h1-2,4-9,25,30H,3,10-14H2. The van der Waals surface area contributed by atoms with Crippen molar-refractivity contribution in [2.75, 3.05) is 13.1 Å². The molecule has 0 aliphatic carbocycles. The highest BCUT2D eigenvalue weighted by Crippen LogP contribution is 2.30. The molecule has 6 nitrogen and oxygen atoms in total. The molecule has 0 spiro atoms. The van der Waals surface area contributed by atoms with Crippen LogP contribution in [0, 0.1) is 0 Å². The van der Waals surface area contributed by atoms with Gasteiger partial charge in [-0.3, -0.25) is 0 Å². The SMILES string of the molecule is OC1(Cn2nnc(-c3ccccc3Cc3ccc(C(F)(F)F)cc3)n2)CCCNC1. The van der Waals surface area contributed by atoms with Crippen LogP contribution < -0.4 is 5.32 Å². The summed E-state index contributed by atoms with van der Waals surface area (Å²) in [6.07, 6.45) is -2.36. The van der Waals surface area contributed by atoms with Gasteiger partial charge in [0.2, 0.25) is 5.82 Å². The summed E-state index contributed by atoms with van der Waals surface area (Å²) in [4.78, 5) is 1.40. The second kappa shape index (κ2) is 8.16. The maximum Gasteiger partial charge on any atom is 0.416 e. The molecule has 0 saturated carbocycles. The van der Waals surface area contributed by atoms with Gasteiger partial charge in [0, 0.05) is 12.1 Å². The van der Waals surface area contributed by atoms with Crippen LogP contribution >= 0.6 is 0 Å². The van der Waals surface area contributed by atoms with Gasteiger partial charge >= 0.3 is 6.18 Å². The molecule has 0 radical (unpaired) electrons. The Balaban J connectivity index is 1.53. The third-order valence-corrected chi connectivity index (χ3v) is 5.27. The lowest BCUT2D eigenvalue weighted by Gasteiger charge is -2.31. The second-order valence-corrected chi connectivity index (χ2v) is 7.68. The summed E-state index contributed by atoms with van der Waals surface area (Å²) in [6.45, 7) is 1.61. The first kappa shape index (κ1) is 20.5. The van der Waals surface area contributed by atoms with Crippen LogP contribution in [0.25, 0.3) is 11.4 Å². The molecule has 3 aromatic rings. The van der Waals surface area contributed by atoms with Crippen molar-refractivity contribution in [3.8, 4) is 11.4 Å². The normalized spacial score (nSPS) is 19.7. The minimum Gasteiger partial charge on any atom is -0.387 e. The molecular weight excluding hydrogens is 395 g/mol. The Morgan fingerprint density at radius 2 is 1.87 bits per heavy atom. The number of rotatable bonds is 5. The predicted molar refractivity (Wildman–Crippen MR) is 105 cm³/mol. The van der Waals surface area contributed by atoms with Crippen LogP contribution in [0.1, 0.15) is 29.5 Å². The van der Waals surface area contributed by atoms with Gasteiger partial charge in [-0.15, -0.1) is 10.2 Å². The van der Waals surface area contributed by atoms with Crippen LogP contribution in [0.3, 0.4) is 0 Å². The van der Waals surface area contributed by atoms with E-state index in [0.717, 1.165) is 41.8 Å². The fourth-order valence-corrected chi connectivity index (χ4v) is 3.69. The number of tetrazole rings is 1. The molecule has 158 valence electrons. The highest BCUT2D eigenvalue weighted by atomic mass is 19.4. The largest absolute Gasteiger partial charge is 0.416 e. The van der Waals surface area contributed by atoms with Crippen molar-refractivity contribution in [3.63, 3.8) is 0 Å². The Bertz CT molecular complexity index is 994. The van der Waals surface area contributed by atoms with Gasteiger partial charge in [0.15, 0.2) is 0 Å². The highest BCUT2D eigenvalue weighted by Gasteiger charge is 2.31. The lowest BCUT2D eigenvalue weighted by molar-refractivity contribution is -0.137. The third-order valence-electron chi connectivity index (χ3n) is 5.27.